The molecule has 0 spiro atoms. The molecule has 0 radical (unpaired) electrons. The molecule has 2 aromatic carbocycles. The zero-order valence-electron chi connectivity index (χ0n) is 17.1. The molecule has 3 aromatic rings. The first kappa shape index (κ1) is 20.1. The van der Waals surface area contributed by atoms with Crippen LogP contribution in [0, 0.1) is 12.7 Å². The highest BCUT2D eigenvalue weighted by Gasteiger charge is 2.52. The van der Waals surface area contributed by atoms with Crippen molar-refractivity contribution in [3.8, 4) is 0 Å². The van der Waals surface area contributed by atoms with Gasteiger partial charge in [0.15, 0.2) is 0 Å². The van der Waals surface area contributed by atoms with Crippen LogP contribution in [-0.4, -0.2) is 30.7 Å². The van der Waals surface area contributed by atoms with Crippen molar-refractivity contribution in [2.24, 2.45) is 0 Å². The number of halogens is 1. The molecule has 0 atom stereocenters. The van der Waals surface area contributed by atoms with E-state index in [1.165, 1.54) is 24.4 Å². The fourth-order valence-electron chi connectivity index (χ4n) is 3.41. The second-order valence-corrected chi connectivity index (χ2v) is 10.2. The molecule has 0 N–H and O–H groups in total. The van der Waals surface area contributed by atoms with E-state index in [0.717, 1.165) is 9.54 Å². The molecular formula is C21H23BFNO4S. The van der Waals surface area contributed by atoms with Crippen LogP contribution in [0.15, 0.2) is 53.6 Å². The van der Waals surface area contributed by atoms with Crippen molar-refractivity contribution in [2.45, 2.75) is 50.7 Å². The van der Waals surface area contributed by atoms with Gasteiger partial charge in [-0.15, -0.1) is 0 Å². The number of aromatic nitrogens is 1. The molecule has 0 amide bonds. The SMILES string of the molecule is Cc1ccc(S(=O)(=O)n2ccc3c(B4OC(C)(C)C(C)(C)O4)ccc(F)c32)cc1. The molecule has 8 heteroatoms. The molecule has 0 bridgehead atoms. The number of hydrogen-bond acceptors (Lipinski definition) is 4. The van der Waals surface area contributed by atoms with Gasteiger partial charge in [0.1, 0.15) is 5.82 Å². The monoisotopic (exact) mass is 415 g/mol. The highest BCUT2D eigenvalue weighted by molar-refractivity contribution is 7.90. The summed E-state index contributed by atoms with van der Waals surface area (Å²) in [5.41, 5.74) is 0.398. The van der Waals surface area contributed by atoms with Gasteiger partial charge in [0.25, 0.3) is 10.0 Å². The molecule has 0 unspecified atom stereocenters. The summed E-state index contributed by atoms with van der Waals surface area (Å²) in [5.74, 6) is -0.624. The maximum Gasteiger partial charge on any atom is 0.495 e. The lowest BCUT2D eigenvalue weighted by Gasteiger charge is -2.32. The summed E-state index contributed by atoms with van der Waals surface area (Å²) >= 11 is 0. The fourth-order valence-corrected chi connectivity index (χ4v) is 4.77. The topological polar surface area (TPSA) is 57.5 Å². The van der Waals surface area contributed by atoms with Crippen molar-refractivity contribution in [1.82, 2.24) is 3.97 Å². The fraction of sp³-hybridized carbons (Fsp3) is 0.333. The third-order valence-electron chi connectivity index (χ3n) is 5.88. The minimum absolute atomic E-state index is 0.0159. The van der Waals surface area contributed by atoms with Crippen molar-refractivity contribution < 1.29 is 22.1 Å². The number of rotatable bonds is 3. The Balaban J connectivity index is 1.86. The quantitative estimate of drug-likeness (QED) is 0.614. The van der Waals surface area contributed by atoms with Gasteiger partial charge in [-0.3, -0.25) is 0 Å². The summed E-state index contributed by atoms with van der Waals surface area (Å²) in [6.07, 6.45) is 1.37. The Morgan fingerprint density at radius 2 is 1.52 bits per heavy atom. The predicted octanol–water partition coefficient (Wildman–Crippen LogP) is 3.63. The average molecular weight is 415 g/mol. The van der Waals surface area contributed by atoms with E-state index in [9.17, 15) is 12.8 Å². The molecule has 29 heavy (non-hydrogen) atoms. The lowest BCUT2D eigenvalue weighted by Crippen LogP contribution is -2.41. The number of hydrogen-bond donors (Lipinski definition) is 0. The van der Waals surface area contributed by atoms with Gasteiger partial charge in [-0.1, -0.05) is 23.8 Å². The van der Waals surface area contributed by atoms with Crippen molar-refractivity contribution in [3.63, 3.8) is 0 Å². The van der Waals surface area contributed by atoms with E-state index in [2.05, 4.69) is 0 Å². The molecular weight excluding hydrogens is 392 g/mol. The Morgan fingerprint density at radius 3 is 2.10 bits per heavy atom. The van der Waals surface area contributed by atoms with E-state index in [4.69, 9.17) is 9.31 Å². The van der Waals surface area contributed by atoms with Crippen LogP contribution in [0.4, 0.5) is 4.39 Å². The summed E-state index contributed by atoms with van der Waals surface area (Å²) < 4.78 is 54.2. The molecule has 1 fully saturated rings. The minimum atomic E-state index is -3.95. The summed E-state index contributed by atoms with van der Waals surface area (Å²) in [7, 11) is -4.67. The number of fused-ring (bicyclic) bond motifs is 1. The Bertz CT molecular complexity index is 1180. The number of nitrogens with zero attached hydrogens (tertiary/aromatic N) is 1. The van der Waals surface area contributed by atoms with Crippen LogP contribution in [0.1, 0.15) is 33.3 Å². The largest absolute Gasteiger partial charge is 0.495 e. The van der Waals surface area contributed by atoms with Gasteiger partial charge in [0.2, 0.25) is 0 Å². The highest BCUT2D eigenvalue weighted by atomic mass is 32.2. The van der Waals surface area contributed by atoms with Crippen LogP contribution in [-0.2, 0) is 19.3 Å². The van der Waals surface area contributed by atoms with Crippen LogP contribution < -0.4 is 5.46 Å². The van der Waals surface area contributed by atoms with Crippen molar-refractivity contribution >= 4 is 33.5 Å². The third kappa shape index (κ3) is 3.10. The van der Waals surface area contributed by atoms with Crippen LogP contribution in [0.5, 0.6) is 0 Å². The van der Waals surface area contributed by atoms with Crippen LogP contribution in [0.25, 0.3) is 10.9 Å². The zero-order chi connectivity index (χ0) is 21.2. The normalized spacial score (nSPS) is 18.5. The van der Waals surface area contributed by atoms with E-state index in [-0.39, 0.29) is 10.4 Å². The predicted molar refractivity (Wildman–Crippen MR) is 111 cm³/mol. The van der Waals surface area contributed by atoms with Crippen LogP contribution >= 0.6 is 0 Å². The van der Waals surface area contributed by atoms with Gasteiger partial charge in [0, 0.05) is 11.6 Å². The maximum absolute atomic E-state index is 14.8. The van der Waals surface area contributed by atoms with Gasteiger partial charge in [0.05, 0.1) is 21.6 Å². The number of aryl methyl sites for hydroxylation is 1. The first-order chi connectivity index (χ1) is 13.4. The molecule has 1 aliphatic rings. The second-order valence-electron chi connectivity index (χ2n) is 8.42. The van der Waals surface area contributed by atoms with Crippen molar-refractivity contribution in [2.75, 3.05) is 0 Å². The summed E-state index contributed by atoms with van der Waals surface area (Å²) in [6, 6.07) is 10.9. The van der Waals surface area contributed by atoms with E-state index in [0.29, 0.717) is 10.8 Å². The van der Waals surface area contributed by atoms with E-state index in [1.54, 1.807) is 24.3 Å². The molecule has 0 aliphatic carbocycles. The first-order valence-electron chi connectivity index (χ1n) is 9.41. The second kappa shape index (κ2) is 6.42. The number of benzene rings is 2. The summed E-state index contributed by atoms with van der Waals surface area (Å²) in [6.45, 7) is 9.60. The average Bonchev–Trinajstić information content (AvgIpc) is 3.16. The van der Waals surface area contributed by atoms with Crippen molar-refractivity contribution in [3.05, 3.63) is 60.0 Å². The smallest absolute Gasteiger partial charge is 0.399 e. The van der Waals surface area contributed by atoms with E-state index >= 15 is 0 Å². The van der Waals surface area contributed by atoms with E-state index in [1.807, 2.05) is 34.6 Å². The molecule has 0 saturated carbocycles. The molecule has 152 valence electrons. The van der Waals surface area contributed by atoms with Gasteiger partial charge in [-0.25, -0.2) is 16.8 Å². The summed E-state index contributed by atoms with van der Waals surface area (Å²) in [4.78, 5) is 0.0982. The zero-order valence-corrected chi connectivity index (χ0v) is 17.9. The Hall–Kier alpha value is -2.16. The molecule has 2 heterocycles. The minimum Gasteiger partial charge on any atom is -0.399 e. The Kier molecular flexibility index (Phi) is 4.46. The molecule has 1 aliphatic heterocycles. The molecule has 5 nitrogen and oxygen atoms in total. The maximum atomic E-state index is 14.8. The standard InChI is InChI=1S/C21H23BFNO4S/c1-14-6-8-15(9-7-14)29(25,26)24-13-12-16-17(10-11-18(23)19(16)24)22-27-20(2,3)21(4,5)28-22/h6-13H,1-5H3. The van der Waals surface area contributed by atoms with E-state index < -0.39 is 34.2 Å². The molecule has 4 rings (SSSR count). The molecule has 1 aromatic heterocycles. The Labute approximate surface area is 170 Å². The first-order valence-corrected chi connectivity index (χ1v) is 10.9. The van der Waals surface area contributed by atoms with Gasteiger partial charge < -0.3 is 9.31 Å². The van der Waals surface area contributed by atoms with Gasteiger partial charge in [-0.2, -0.15) is 0 Å². The molecule has 1 saturated heterocycles. The third-order valence-corrected chi connectivity index (χ3v) is 7.57. The van der Waals surface area contributed by atoms with Crippen LogP contribution in [0.2, 0.25) is 0 Å². The Morgan fingerprint density at radius 1 is 0.931 bits per heavy atom. The lowest BCUT2D eigenvalue weighted by molar-refractivity contribution is 0.00578. The highest BCUT2D eigenvalue weighted by Crippen LogP contribution is 2.37. The van der Waals surface area contributed by atoms with Gasteiger partial charge >= 0.3 is 7.12 Å². The lowest BCUT2D eigenvalue weighted by atomic mass is 9.77. The van der Waals surface area contributed by atoms with Crippen molar-refractivity contribution in [1.29, 1.82) is 0 Å². The van der Waals surface area contributed by atoms with Crippen LogP contribution in [0.3, 0.4) is 0 Å². The summed E-state index contributed by atoms with van der Waals surface area (Å²) in [5, 5.41) is 0.444. The van der Waals surface area contributed by atoms with Gasteiger partial charge in [-0.05, 0) is 64.3 Å².